The molecule has 0 heterocycles. The highest BCUT2D eigenvalue weighted by Gasteiger charge is 2.14. The van der Waals surface area contributed by atoms with E-state index in [0.717, 1.165) is 35.2 Å². The first kappa shape index (κ1) is 37.8. The Bertz CT molecular complexity index is 1720. The van der Waals surface area contributed by atoms with Gasteiger partial charge in [0.1, 0.15) is 11.6 Å². The van der Waals surface area contributed by atoms with Crippen LogP contribution in [0.3, 0.4) is 0 Å². The average Bonchev–Trinajstić information content (AvgIpc) is 3.04. The molecular weight excluding hydrogens is 581 g/mol. The summed E-state index contributed by atoms with van der Waals surface area (Å²) in [6, 6.07) is 19.7. The molecule has 0 atom stereocenters. The summed E-state index contributed by atoms with van der Waals surface area (Å²) in [6.45, 7) is 20.1. The Hall–Kier alpha value is -5.41. The molecule has 3 rings (SSSR count). The van der Waals surface area contributed by atoms with Crippen LogP contribution < -0.4 is 16.6 Å². The van der Waals surface area contributed by atoms with Crippen LogP contribution in [0, 0.1) is 45.4 Å². The number of benzene rings is 3. The van der Waals surface area contributed by atoms with Gasteiger partial charge >= 0.3 is 0 Å². The smallest absolute Gasteiger partial charge is 0.126 e. The molecule has 3 aromatic carbocycles. The Balaban J connectivity index is 0.00000376. The summed E-state index contributed by atoms with van der Waals surface area (Å²) in [5.74, 6) is 0.0861. The van der Waals surface area contributed by atoms with Crippen molar-refractivity contribution in [3.8, 4) is 12.8 Å². The summed E-state index contributed by atoms with van der Waals surface area (Å²) in [5.41, 5.74) is 21.5. The molecule has 0 saturated heterocycles. The van der Waals surface area contributed by atoms with Gasteiger partial charge in [0.25, 0.3) is 0 Å². The van der Waals surface area contributed by atoms with Crippen molar-refractivity contribution >= 4 is 29.7 Å². The number of hydrazone groups is 2. The van der Waals surface area contributed by atoms with Crippen molar-refractivity contribution in [2.45, 2.75) is 54.4 Å². The normalized spacial score (nSPS) is 12.3. The van der Waals surface area contributed by atoms with Gasteiger partial charge in [0.2, 0.25) is 0 Å². The van der Waals surface area contributed by atoms with Crippen molar-refractivity contribution in [2.75, 3.05) is 0 Å². The number of nitrogens with one attached hydrogen (secondary N) is 2. The Morgan fingerprint density at radius 3 is 2.00 bits per heavy atom. The molecule has 0 unspecified atom stereocenters. The molecule has 0 amide bonds. The molecule has 0 radical (unpaired) electrons. The van der Waals surface area contributed by atoms with Gasteiger partial charge in [0.05, 0.1) is 11.4 Å². The largest absolute Gasteiger partial charge is 0.385 e. The SMILES string of the molecule is C#C.C=C(N)N/N=C(\C=C\c1ccc(C)c(C)c1)C(=C/c1ccc(F)c(C)c1)/C(/C=C/c1cccc(CCC)c1)=N/NC(=C)C(C)C. The minimum atomic E-state index is -0.269. The fraction of sp³-hybridized carbons (Fsp3) is 0.220. The van der Waals surface area contributed by atoms with Crippen molar-refractivity contribution in [1.29, 1.82) is 0 Å². The van der Waals surface area contributed by atoms with Crippen LogP contribution in [0.2, 0.25) is 0 Å². The zero-order valence-electron chi connectivity index (χ0n) is 28.6. The highest BCUT2D eigenvalue weighted by Crippen LogP contribution is 2.19. The molecule has 0 aliphatic carbocycles. The molecule has 3 aromatic rings. The topological polar surface area (TPSA) is 74.8 Å². The Morgan fingerprint density at radius 2 is 1.43 bits per heavy atom. The van der Waals surface area contributed by atoms with Gasteiger partial charge in [0, 0.05) is 11.3 Å². The zero-order chi connectivity index (χ0) is 34.9. The molecular formula is C41H48FN5. The summed E-state index contributed by atoms with van der Waals surface area (Å²) < 4.78 is 14.3. The second kappa shape index (κ2) is 19.2. The molecule has 0 fully saturated rings. The summed E-state index contributed by atoms with van der Waals surface area (Å²) in [4.78, 5) is 0. The van der Waals surface area contributed by atoms with E-state index in [-0.39, 0.29) is 17.6 Å². The first-order valence-corrected chi connectivity index (χ1v) is 15.6. The van der Waals surface area contributed by atoms with Crippen molar-refractivity contribution in [3.05, 3.63) is 148 Å². The maximum atomic E-state index is 14.3. The van der Waals surface area contributed by atoms with Crippen LogP contribution in [0.15, 0.2) is 113 Å². The maximum absolute atomic E-state index is 14.3. The minimum absolute atomic E-state index is 0.164. The van der Waals surface area contributed by atoms with Crippen LogP contribution in [0.5, 0.6) is 0 Å². The van der Waals surface area contributed by atoms with E-state index in [4.69, 9.17) is 10.8 Å². The van der Waals surface area contributed by atoms with Gasteiger partial charge in [-0.1, -0.05) is 101 Å². The standard InChI is InChI=1S/C39H46FN5.C2H2/c1-9-11-32-12-10-13-33(24-32)17-20-38(44-42-30(7)26(2)3)36(25-35-16-19-37(40)29(6)23-35)39(45-43-31(8)41)21-18-34-15-14-27(4)28(5)22-34;1-2/h10,12-26,42-43H,7-9,11,41H2,1-6H3;1-2H/b20-17+,21-18+,36-25+,44-38+,45-39+;. The van der Waals surface area contributed by atoms with Crippen molar-refractivity contribution in [1.82, 2.24) is 10.9 Å². The highest BCUT2D eigenvalue weighted by atomic mass is 19.1. The number of hydrogen-bond acceptors (Lipinski definition) is 5. The minimum Gasteiger partial charge on any atom is -0.385 e. The first-order valence-electron chi connectivity index (χ1n) is 15.6. The van der Waals surface area contributed by atoms with E-state index in [1.54, 1.807) is 19.1 Å². The Labute approximate surface area is 281 Å². The zero-order valence-corrected chi connectivity index (χ0v) is 28.6. The third-order valence-electron chi connectivity index (χ3n) is 7.27. The van der Waals surface area contributed by atoms with Crippen LogP contribution in [0.4, 0.5) is 4.39 Å². The summed E-state index contributed by atoms with van der Waals surface area (Å²) in [6.07, 6.45) is 19.9. The molecule has 0 spiro atoms. The number of hydrogen-bond donors (Lipinski definition) is 3. The number of nitrogens with zero attached hydrogens (tertiary/aromatic N) is 2. The van der Waals surface area contributed by atoms with Gasteiger partial charge in [-0.05, 0) is 102 Å². The molecule has 0 saturated carbocycles. The van der Waals surface area contributed by atoms with Crippen LogP contribution in [0.1, 0.15) is 66.1 Å². The van der Waals surface area contributed by atoms with Gasteiger partial charge in [-0.15, -0.1) is 12.8 Å². The summed E-state index contributed by atoms with van der Waals surface area (Å²) in [5, 5.41) is 9.47. The van der Waals surface area contributed by atoms with E-state index in [1.807, 2.05) is 44.2 Å². The fourth-order valence-corrected chi connectivity index (χ4v) is 4.33. The highest BCUT2D eigenvalue weighted by molar-refractivity contribution is 6.34. The van der Waals surface area contributed by atoms with Gasteiger partial charge < -0.3 is 5.73 Å². The quantitative estimate of drug-likeness (QED) is 0.0945. The monoisotopic (exact) mass is 629 g/mol. The number of aryl methyl sites for hydroxylation is 4. The molecule has 0 aliphatic heterocycles. The summed E-state index contributed by atoms with van der Waals surface area (Å²) in [7, 11) is 0. The molecule has 244 valence electrons. The van der Waals surface area contributed by atoms with Gasteiger partial charge in [-0.2, -0.15) is 10.2 Å². The van der Waals surface area contributed by atoms with Crippen molar-refractivity contribution in [3.63, 3.8) is 0 Å². The molecule has 5 nitrogen and oxygen atoms in total. The average molecular weight is 630 g/mol. The van der Waals surface area contributed by atoms with Crippen molar-refractivity contribution < 1.29 is 4.39 Å². The van der Waals surface area contributed by atoms with Gasteiger partial charge in [-0.3, -0.25) is 10.9 Å². The predicted octanol–water partition coefficient (Wildman–Crippen LogP) is 9.25. The maximum Gasteiger partial charge on any atom is 0.126 e. The first-order chi connectivity index (χ1) is 22.5. The number of allylic oxidation sites excluding steroid dienone is 4. The van der Waals surface area contributed by atoms with E-state index in [2.05, 4.69) is 105 Å². The van der Waals surface area contributed by atoms with E-state index in [0.29, 0.717) is 22.6 Å². The second-order valence-corrected chi connectivity index (χ2v) is 11.5. The van der Waals surface area contributed by atoms with E-state index >= 15 is 0 Å². The van der Waals surface area contributed by atoms with E-state index in [9.17, 15) is 4.39 Å². The van der Waals surface area contributed by atoms with Gasteiger partial charge in [-0.25, -0.2) is 4.39 Å². The predicted molar refractivity (Wildman–Crippen MR) is 202 cm³/mol. The number of terminal acetylenes is 1. The molecule has 6 heteroatoms. The lowest BCUT2D eigenvalue weighted by atomic mass is 9.98. The third kappa shape index (κ3) is 12.5. The number of rotatable bonds is 14. The van der Waals surface area contributed by atoms with Gasteiger partial charge in [0.15, 0.2) is 0 Å². The Kier molecular flexibility index (Phi) is 15.4. The molecule has 0 aliphatic rings. The Morgan fingerprint density at radius 1 is 0.830 bits per heavy atom. The van der Waals surface area contributed by atoms with Crippen molar-refractivity contribution in [2.24, 2.45) is 21.9 Å². The second-order valence-electron chi connectivity index (χ2n) is 11.5. The number of halogens is 1. The van der Waals surface area contributed by atoms with Crippen LogP contribution in [-0.2, 0) is 6.42 Å². The van der Waals surface area contributed by atoms with Crippen LogP contribution in [0.25, 0.3) is 18.2 Å². The third-order valence-corrected chi connectivity index (χ3v) is 7.27. The molecule has 0 aromatic heterocycles. The fourth-order valence-electron chi connectivity index (χ4n) is 4.33. The lowest BCUT2D eigenvalue weighted by molar-refractivity contribution is 0.618. The summed E-state index contributed by atoms with van der Waals surface area (Å²) >= 11 is 0. The van der Waals surface area contributed by atoms with Crippen LogP contribution in [-0.4, -0.2) is 11.4 Å². The molecule has 0 bridgehead atoms. The lowest BCUT2D eigenvalue weighted by Crippen LogP contribution is -2.20. The molecule has 4 N–H and O–H groups in total. The lowest BCUT2D eigenvalue weighted by Gasteiger charge is -2.14. The van der Waals surface area contributed by atoms with E-state index < -0.39 is 0 Å². The number of nitrogens with two attached hydrogens (primary N) is 1. The van der Waals surface area contributed by atoms with Crippen LogP contribution >= 0.6 is 0 Å². The van der Waals surface area contributed by atoms with E-state index in [1.165, 1.54) is 22.8 Å². The molecule has 47 heavy (non-hydrogen) atoms.